The normalized spacial score (nSPS) is 10.1. The minimum absolute atomic E-state index is 0.0218. The number of hydrogen-bond acceptors (Lipinski definition) is 1. The van der Waals surface area contributed by atoms with Crippen LogP contribution in [0.3, 0.4) is 0 Å². The van der Waals surface area contributed by atoms with Crippen molar-refractivity contribution in [2.75, 3.05) is 5.33 Å². The van der Waals surface area contributed by atoms with E-state index in [4.69, 9.17) is 11.6 Å². The van der Waals surface area contributed by atoms with E-state index < -0.39 is 0 Å². The van der Waals surface area contributed by atoms with Crippen LogP contribution in [-0.4, -0.2) is 11.1 Å². The van der Waals surface area contributed by atoms with Crippen LogP contribution >= 0.6 is 27.5 Å². The molecule has 1 aromatic rings. The zero-order valence-electron chi connectivity index (χ0n) is 6.69. The number of carbonyl (C=O) groups excluding carboxylic acids is 1. The second-order valence-electron chi connectivity index (χ2n) is 2.58. The van der Waals surface area contributed by atoms with E-state index in [9.17, 15) is 9.18 Å². The molecular formula is C9H7BrClFO. The van der Waals surface area contributed by atoms with Gasteiger partial charge in [-0.05, 0) is 17.7 Å². The lowest BCUT2D eigenvalue weighted by molar-refractivity contribution is -0.115. The topological polar surface area (TPSA) is 17.1 Å². The van der Waals surface area contributed by atoms with Gasteiger partial charge in [-0.3, -0.25) is 4.79 Å². The van der Waals surface area contributed by atoms with Gasteiger partial charge in [0, 0.05) is 11.4 Å². The fourth-order valence-electron chi connectivity index (χ4n) is 0.925. The molecule has 0 aliphatic carbocycles. The molecule has 0 saturated heterocycles. The van der Waals surface area contributed by atoms with Gasteiger partial charge in [-0.25, -0.2) is 4.39 Å². The van der Waals surface area contributed by atoms with Gasteiger partial charge in [-0.15, -0.1) is 0 Å². The van der Waals surface area contributed by atoms with Crippen LogP contribution in [0.25, 0.3) is 0 Å². The van der Waals surface area contributed by atoms with Gasteiger partial charge in [0.25, 0.3) is 0 Å². The second kappa shape index (κ2) is 4.72. The highest BCUT2D eigenvalue weighted by Gasteiger charge is 2.06. The van der Waals surface area contributed by atoms with Crippen LogP contribution in [-0.2, 0) is 11.2 Å². The van der Waals surface area contributed by atoms with Gasteiger partial charge in [-0.2, -0.15) is 0 Å². The van der Waals surface area contributed by atoms with E-state index in [2.05, 4.69) is 15.9 Å². The van der Waals surface area contributed by atoms with E-state index in [1.54, 1.807) is 0 Å². The van der Waals surface area contributed by atoms with Crippen LogP contribution in [0, 0.1) is 5.82 Å². The maximum atomic E-state index is 12.6. The average Bonchev–Trinajstić information content (AvgIpc) is 2.09. The van der Waals surface area contributed by atoms with E-state index >= 15 is 0 Å². The molecule has 0 atom stereocenters. The van der Waals surface area contributed by atoms with E-state index in [0.717, 1.165) is 0 Å². The molecule has 0 N–H and O–H groups in total. The summed E-state index contributed by atoms with van der Waals surface area (Å²) in [6.45, 7) is 0. The summed E-state index contributed by atoms with van der Waals surface area (Å²) < 4.78 is 12.6. The minimum atomic E-state index is -0.389. The SMILES string of the molecule is O=C(CBr)Cc1ccc(F)cc1Cl. The van der Waals surface area contributed by atoms with Gasteiger partial charge in [0.2, 0.25) is 0 Å². The molecule has 0 aromatic heterocycles. The summed E-state index contributed by atoms with van der Waals surface area (Å²) in [4.78, 5) is 11.0. The van der Waals surface area contributed by atoms with Crippen LogP contribution in [0.4, 0.5) is 4.39 Å². The Labute approximate surface area is 89.0 Å². The summed E-state index contributed by atoms with van der Waals surface area (Å²) >= 11 is 8.77. The van der Waals surface area contributed by atoms with Crippen molar-refractivity contribution in [2.45, 2.75) is 6.42 Å². The molecule has 70 valence electrons. The second-order valence-corrected chi connectivity index (χ2v) is 3.55. The van der Waals surface area contributed by atoms with Gasteiger partial charge < -0.3 is 0 Å². The first-order valence-electron chi connectivity index (χ1n) is 3.65. The quantitative estimate of drug-likeness (QED) is 0.768. The molecule has 1 aromatic carbocycles. The smallest absolute Gasteiger partial charge is 0.147 e. The summed E-state index contributed by atoms with van der Waals surface area (Å²) in [7, 11) is 0. The fraction of sp³-hybridized carbons (Fsp3) is 0.222. The van der Waals surface area contributed by atoms with Crippen molar-refractivity contribution in [3.8, 4) is 0 Å². The maximum absolute atomic E-state index is 12.6. The number of rotatable bonds is 3. The molecule has 0 unspecified atom stereocenters. The van der Waals surface area contributed by atoms with E-state index in [-0.39, 0.29) is 18.0 Å². The van der Waals surface area contributed by atoms with Gasteiger partial charge in [-0.1, -0.05) is 33.6 Å². The number of alkyl halides is 1. The molecule has 0 amide bonds. The molecule has 0 bridgehead atoms. The summed E-state index contributed by atoms with van der Waals surface area (Å²) in [5, 5.41) is 0.593. The Hall–Kier alpha value is -0.410. The molecule has 0 fully saturated rings. The third-order valence-electron chi connectivity index (χ3n) is 1.55. The first-order chi connectivity index (χ1) is 6.13. The largest absolute Gasteiger partial charge is 0.298 e. The number of hydrogen-bond donors (Lipinski definition) is 0. The lowest BCUT2D eigenvalue weighted by Gasteiger charge is -2.01. The molecular weight excluding hydrogens is 258 g/mol. The number of halogens is 3. The van der Waals surface area contributed by atoms with E-state index in [0.29, 0.717) is 15.9 Å². The molecule has 0 spiro atoms. The summed E-state index contributed by atoms with van der Waals surface area (Å²) in [5.41, 5.74) is 0.660. The van der Waals surface area contributed by atoms with Crippen molar-refractivity contribution >= 4 is 33.3 Å². The standard InChI is InChI=1S/C9H7BrClFO/c10-5-8(13)3-6-1-2-7(12)4-9(6)11/h1-2,4H,3,5H2. The molecule has 0 radical (unpaired) electrons. The van der Waals surface area contributed by atoms with Crippen LogP contribution in [0.15, 0.2) is 18.2 Å². The van der Waals surface area contributed by atoms with E-state index in [1.165, 1.54) is 18.2 Å². The number of carbonyl (C=O) groups is 1. The predicted molar refractivity (Wildman–Crippen MR) is 53.9 cm³/mol. The lowest BCUT2D eigenvalue weighted by Crippen LogP contribution is -2.03. The Morgan fingerprint density at radius 2 is 2.23 bits per heavy atom. The molecule has 0 heterocycles. The number of benzene rings is 1. The first-order valence-corrected chi connectivity index (χ1v) is 5.15. The minimum Gasteiger partial charge on any atom is -0.298 e. The maximum Gasteiger partial charge on any atom is 0.147 e. The van der Waals surface area contributed by atoms with Crippen molar-refractivity contribution in [1.29, 1.82) is 0 Å². The van der Waals surface area contributed by atoms with Crippen molar-refractivity contribution in [2.24, 2.45) is 0 Å². The summed E-state index contributed by atoms with van der Waals surface area (Å²) in [5.74, 6) is -0.367. The van der Waals surface area contributed by atoms with Crippen LogP contribution < -0.4 is 0 Å². The van der Waals surface area contributed by atoms with Crippen LogP contribution in [0.5, 0.6) is 0 Å². The van der Waals surface area contributed by atoms with Crippen molar-refractivity contribution in [1.82, 2.24) is 0 Å². The Kier molecular flexibility index (Phi) is 3.88. The van der Waals surface area contributed by atoms with Gasteiger partial charge >= 0.3 is 0 Å². The molecule has 4 heteroatoms. The highest BCUT2D eigenvalue weighted by atomic mass is 79.9. The van der Waals surface area contributed by atoms with Gasteiger partial charge in [0.1, 0.15) is 11.6 Å². The third kappa shape index (κ3) is 3.08. The Morgan fingerprint density at radius 1 is 1.54 bits per heavy atom. The first kappa shape index (κ1) is 10.7. The fourth-order valence-corrected chi connectivity index (χ4v) is 1.36. The van der Waals surface area contributed by atoms with E-state index in [1.807, 2.05) is 0 Å². The lowest BCUT2D eigenvalue weighted by atomic mass is 10.1. The molecule has 13 heavy (non-hydrogen) atoms. The van der Waals surface area contributed by atoms with Crippen molar-refractivity contribution in [3.05, 3.63) is 34.6 Å². The van der Waals surface area contributed by atoms with Gasteiger partial charge in [0.05, 0.1) is 5.33 Å². The zero-order valence-corrected chi connectivity index (χ0v) is 9.03. The third-order valence-corrected chi connectivity index (χ3v) is 2.53. The van der Waals surface area contributed by atoms with Crippen molar-refractivity contribution in [3.63, 3.8) is 0 Å². The molecule has 0 aliphatic rings. The highest BCUT2D eigenvalue weighted by molar-refractivity contribution is 9.09. The Morgan fingerprint density at radius 3 is 2.77 bits per heavy atom. The monoisotopic (exact) mass is 264 g/mol. The Balaban J connectivity index is 2.83. The molecule has 1 nitrogen and oxygen atoms in total. The average molecular weight is 266 g/mol. The summed E-state index contributed by atoms with van der Waals surface area (Å²) in [6.07, 6.45) is 0.240. The highest BCUT2D eigenvalue weighted by Crippen LogP contribution is 2.17. The van der Waals surface area contributed by atoms with Crippen molar-refractivity contribution < 1.29 is 9.18 Å². The number of Topliss-reactive ketones (excluding diaryl/α,β-unsaturated/α-hetero) is 1. The van der Waals surface area contributed by atoms with Crippen LogP contribution in [0.1, 0.15) is 5.56 Å². The number of ketones is 1. The van der Waals surface area contributed by atoms with Gasteiger partial charge in [0.15, 0.2) is 0 Å². The molecule has 0 aliphatic heterocycles. The molecule has 1 rings (SSSR count). The predicted octanol–water partition coefficient (Wildman–Crippen LogP) is 2.99. The zero-order chi connectivity index (χ0) is 9.84. The Bertz CT molecular complexity index is 327. The van der Waals surface area contributed by atoms with Crippen LogP contribution in [0.2, 0.25) is 5.02 Å². The molecule has 0 saturated carbocycles. The summed E-state index contributed by atoms with van der Waals surface area (Å²) in [6, 6.07) is 4.03.